The van der Waals surface area contributed by atoms with Gasteiger partial charge in [0, 0.05) is 25.4 Å². The fourth-order valence-electron chi connectivity index (χ4n) is 4.00. The second-order valence-corrected chi connectivity index (χ2v) is 10.5. The molecule has 0 unspecified atom stereocenters. The first kappa shape index (κ1) is 25.8. The molecule has 0 bridgehead atoms. The Labute approximate surface area is 200 Å². The monoisotopic (exact) mass is 488 g/mol. The van der Waals surface area contributed by atoms with E-state index in [2.05, 4.69) is 9.97 Å². The van der Waals surface area contributed by atoms with Crippen molar-refractivity contribution >= 4 is 27.0 Å². The van der Waals surface area contributed by atoms with E-state index in [-0.39, 0.29) is 17.4 Å². The molecule has 1 atom stereocenters. The third-order valence-electron chi connectivity index (χ3n) is 5.57. The van der Waals surface area contributed by atoms with Crippen LogP contribution in [0.15, 0.2) is 47.6 Å². The highest BCUT2D eigenvalue weighted by atomic mass is 32.2. The molecule has 0 fully saturated rings. The first-order valence-corrected chi connectivity index (χ1v) is 12.7. The number of aryl methyl sites for hydroxylation is 1. The lowest BCUT2D eigenvalue weighted by Crippen LogP contribution is -2.46. The Morgan fingerprint density at radius 2 is 1.91 bits per heavy atom. The predicted octanol–water partition coefficient (Wildman–Crippen LogP) is 3.31. The van der Waals surface area contributed by atoms with Crippen molar-refractivity contribution in [2.45, 2.75) is 51.6 Å². The number of imidazole rings is 1. The number of rotatable bonds is 12. The normalized spacial score (nSPS) is 13.1. The number of carboxylic acid groups (broad SMARTS) is 1. The van der Waals surface area contributed by atoms with Crippen molar-refractivity contribution in [2.24, 2.45) is 5.92 Å². The van der Waals surface area contributed by atoms with Crippen molar-refractivity contribution in [3.63, 3.8) is 0 Å². The van der Waals surface area contributed by atoms with Crippen LogP contribution in [-0.4, -0.2) is 64.1 Å². The molecule has 0 aliphatic rings. The fourth-order valence-corrected chi connectivity index (χ4v) is 5.57. The minimum absolute atomic E-state index is 0.0548. The number of fused-ring (bicyclic) bond motifs is 1. The first-order valence-electron chi connectivity index (χ1n) is 11.3. The Morgan fingerprint density at radius 3 is 2.53 bits per heavy atom. The van der Waals surface area contributed by atoms with E-state index in [1.54, 1.807) is 24.5 Å². The van der Waals surface area contributed by atoms with Gasteiger partial charge in [-0.25, -0.2) is 13.4 Å². The number of hydrogen-bond donors (Lipinski definition) is 1. The summed E-state index contributed by atoms with van der Waals surface area (Å²) in [5.74, 6) is -0.204. The number of ether oxygens (including phenoxy) is 1. The lowest BCUT2D eigenvalue weighted by Gasteiger charge is -2.30. The molecule has 0 spiro atoms. The molecule has 34 heavy (non-hydrogen) atoms. The van der Waals surface area contributed by atoms with Crippen LogP contribution in [0.4, 0.5) is 0 Å². The Balaban J connectivity index is 1.89. The minimum Gasteiger partial charge on any atom is -0.480 e. The molecule has 3 rings (SSSR count). The topological polar surface area (TPSA) is 115 Å². The van der Waals surface area contributed by atoms with Crippen LogP contribution in [0.25, 0.3) is 11.0 Å². The summed E-state index contributed by atoms with van der Waals surface area (Å²) in [6.45, 7) is 8.13. The summed E-state index contributed by atoms with van der Waals surface area (Å²) in [5.41, 5.74) is 2.65. The van der Waals surface area contributed by atoms with E-state index in [1.807, 2.05) is 38.3 Å². The predicted molar refractivity (Wildman–Crippen MR) is 129 cm³/mol. The molecule has 1 N–H and O–H groups in total. The van der Waals surface area contributed by atoms with Crippen LogP contribution in [0, 0.1) is 12.8 Å². The number of nitrogens with zero attached hydrogens (tertiary/aromatic N) is 4. The molecule has 1 aromatic carbocycles. The second-order valence-electron chi connectivity index (χ2n) is 8.64. The molecule has 3 aromatic rings. The fraction of sp³-hybridized carbons (Fsp3) is 0.458. The van der Waals surface area contributed by atoms with Crippen LogP contribution in [0.2, 0.25) is 0 Å². The van der Waals surface area contributed by atoms with Crippen LogP contribution >= 0.6 is 0 Å². The molecule has 2 heterocycles. The lowest BCUT2D eigenvalue weighted by molar-refractivity contribution is -0.137. The van der Waals surface area contributed by atoms with Crippen LogP contribution < -0.4 is 0 Å². The van der Waals surface area contributed by atoms with E-state index in [4.69, 9.17) is 4.74 Å². The average molecular weight is 489 g/mol. The number of carboxylic acids is 1. The highest BCUT2D eigenvalue weighted by Crippen LogP contribution is 2.24. The minimum atomic E-state index is -4.05. The van der Waals surface area contributed by atoms with E-state index < -0.39 is 28.6 Å². The van der Waals surface area contributed by atoms with Crippen LogP contribution in [-0.2, 0) is 26.1 Å². The van der Waals surface area contributed by atoms with Gasteiger partial charge in [-0.1, -0.05) is 26.0 Å². The van der Waals surface area contributed by atoms with Gasteiger partial charge in [0.25, 0.3) is 0 Å². The zero-order valence-corrected chi connectivity index (χ0v) is 20.8. The van der Waals surface area contributed by atoms with E-state index in [0.29, 0.717) is 19.6 Å². The summed E-state index contributed by atoms with van der Waals surface area (Å²) >= 11 is 0. The van der Waals surface area contributed by atoms with Crippen LogP contribution in [0.1, 0.15) is 38.6 Å². The molecule has 0 aliphatic heterocycles. The molecule has 9 nitrogen and oxygen atoms in total. The van der Waals surface area contributed by atoms with Gasteiger partial charge in [-0.3, -0.25) is 9.78 Å². The van der Waals surface area contributed by atoms with Gasteiger partial charge in [-0.2, -0.15) is 4.31 Å². The molecular weight excluding hydrogens is 456 g/mol. The molecule has 2 aromatic heterocycles. The molecule has 0 radical (unpaired) electrons. The largest absolute Gasteiger partial charge is 0.480 e. The molecule has 0 aliphatic carbocycles. The summed E-state index contributed by atoms with van der Waals surface area (Å²) < 4.78 is 35.6. The molecular formula is C24H32N4O5S. The molecule has 0 saturated heterocycles. The second kappa shape index (κ2) is 11.1. The standard InChI is InChI=1S/C24H32N4O5S/c1-5-33-16-20(12-17(2)3)28(15-24(29)30)34(31,32)21-8-6-19(7-9-21)14-27-18(4)26-22-13-25-11-10-23(22)27/h6-11,13,17,20H,5,12,14-16H2,1-4H3,(H,29,30)/t20-/m0/s1. The average Bonchev–Trinajstić information content (AvgIpc) is 3.10. The first-order chi connectivity index (χ1) is 16.1. The molecule has 10 heteroatoms. The van der Waals surface area contributed by atoms with Gasteiger partial charge in [0.05, 0.1) is 23.2 Å². The zero-order chi connectivity index (χ0) is 24.9. The SMILES string of the molecule is CCOC[C@H](CC(C)C)N(CC(=O)O)S(=O)(=O)c1ccc(Cn2c(C)nc3cnccc32)cc1. The van der Waals surface area contributed by atoms with E-state index in [9.17, 15) is 18.3 Å². The maximum absolute atomic E-state index is 13.5. The smallest absolute Gasteiger partial charge is 0.318 e. The van der Waals surface area contributed by atoms with Crippen LogP contribution in [0.3, 0.4) is 0 Å². The Hall–Kier alpha value is -2.82. The number of pyridine rings is 1. The Bertz CT molecular complexity index is 1220. The summed E-state index contributed by atoms with van der Waals surface area (Å²) in [6, 6.07) is 7.88. The molecule has 0 amide bonds. The number of hydrogen-bond acceptors (Lipinski definition) is 6. The van der Waals surface area contributed by atoms with Gasteiger partial charge >= 0.3 is 5.97 Å². The summed E-state index contributed by atoms with van der Waals surface area (Å²) in [6.07, 6.45) is 3.91. The van der Waals surface area contributed by atoms with Gasteiger partial charge < -0.3 is 14.4 Å². The van der Waals surface area contributed by atoms with Crippen molar-refractivity contribution in [3.05, 3.63) is 54.1 Å². The third kappa shape index (κ3) is 5.99. The summed E-state index contributed by atoms with van der Waals surface area (Å²) in [5, 5.41) is 9.44. The summed E-state index contributed by atoms with van der Waals surface area (Å²) in [7, 11) is -4.05. The van der Waals surface area contributed by atoms with Crippen molar-refractivity contribution in [1.29, 1.82) is 0 Å². The maximum atomic E-state index is 13.5. The number of benzene rings is 1. The molecule has 184 valence electrons. The van der Waals surface area contributed by atoms with E-state index >= 15 is 0 Å². The zero-order valence-electron chi connectivity index (χ0n) is 20.0. The lowest BCUT2D eigenvalue weighted by atomic mass is 10.0. The Morgan fingerprint density at radius 1 is 1.21 bits per heavy atom. The van der Waals surface area contributed by atoms with E-state index in [1.165, 1.54) is 12.1 Å². The molecule has 0 saturated carbocycles. The number of sulfonamides is 1. The van der Waals surface area contributed by atoms with Gasteiger partial charge in [0.15, 0.2) is 0 Å². The number of carbonyl (C=O) groups is 1. The Kier molecular flexibility index (Phi) is 8.40. The quantitative estimate of drug-likeness (QED) is 0.416. The highest BCUT2D eigenvalue weighted by molar-refractivity contribution is 7.89. The van der Waals surface area contributed by atoms with Crippen LogP contribution in [0.5, 0.6) is 0 Å². The van der Waals surface area contributed by atoms with Crippen molar-refractivity contribution in [3.8, 4) is 0 Å². The van der Waals surface area contributed by atoms with E-state index in [0.717, 1.165) is 26.7 Å². The van der Waals surface area contributed by atoms with Gasteiger partial charge in [-0.15, -0.1) is 0 Å². The van der Waals surface area contributed by atoms with Crippen molar-refractivity contribution in [1.82, 2.24) is 18.8 Å². The highest BCUT2D eigenvalue weighted by Gasteiger charge is 2.33. The number of aliphatic carboxylic acids is 1. The van der Waals surface area contributed by atoms with Crippen molar-refractivity contribution < 1.29 is 23.1 Å². The third-order valence-corrected chi connectivity index (χ3v) is 7.48. The van der Waals surface area contributed by atoms with Crippen molar-refractivity contribution in [2.75, 3.05) is 19.8 Å². The summed E-state index contributed by atoms with van der Waals surface area (Å²) in [4.78, 5) is 20.2. The van der Waals surface area contributed by atoms with Gasteiger partial charge in [-0.05, 0) is 49.9 Å². The maximum Gasteiger partial charge on any atom is 0.318 e. The van der Waals surface area contributed by atoms with Gasteiger partial charge in [0.2, 0.25) is 10.0 Å². The number of aromatic nitrogens is 3. The van der Waals surface area contributed by atoms with Gasteiger partial charge in [0.1, 0.15) is 17.9 Å².